The fraction of sp³-hybridized carbons (Fsp3) is 0.455. The van der Waals surface area contributed by atoms with Gasteiger partial charge in [0, 0.05) is 6.04 Å². The molecule has 1 aromatic carbocycles. The van der Waals surface area contributed by atoms with E-state index in [1.54, 1.807) is 6.07 Å². The molecule has 0 aromatic heterocycles. The third kappa shape index (κ3) is 4.93. The van der Waals surface area contributed by atoms with E-state index in [1.807, 2.05) is 26.0 Å². The average Bonchev–Trinajstić information content (AvgIpc) is 2.15. The second-order valence-corrected chi connectivity index (χ2v) is 5.68. The normalized spacial score (nSPS) is 12.7. The van der Waals surface area contributed by atoms with Crippen LogP contribution in [0.25, 0.3) is 0 Å². The van der Waals surface area contributed by atoms with Crippen LogP contribution in [0, 0.1) is 0 Å². The van der Waals surface area contributed by atoms with Crippen molar-refractivity contribution in [2.24, 2.45) is 5.73 Å². The number of benzene rings is 1. The van der Waals surface area contributed by atoms with Gasteiger partial charge in [-0.2, -0.15) is 0 Å². The number of sulfonamides is 1. The Balaban J connectivity index is 0.00000256. The standard InChI is InChI=1S/C11H18N2O2S.ClH/c1-4-9-7-10(8(2)12)5-6-11(9)13-16(3,14)15;/h5-8,13H,4,12H2,1-3H3;1H/t8-;/m1./s1. The van der Waals surface area contributed by atoms with Gasteiger partial charge in [-0.3, -0.25) is 4.72 Å². The number of aryl methyl sites for hydroxylation is 1. The Morgan fingerprint density at radius 3 is 2.41 bits per heavy atom. The van der Waals surface area contributed by atoms with E-state index in [4.69, 9.17) is 5.73 Å². The highest BCUT2D eigenvalue weighted by atomic mass is 35.5. The van der Waals surface area contributed by atoms with Crippen LogP contribution in [0.15, 0.2) is 18.2 Å². The van der Waals surface area contributed by atoms with Crippen molar-refractivity contribution in [2.45, 2.75) is 26.3 Å². The lowest BCUT2D eigenvalue weighted by Gasteiger charge is -2.13. The van der Waals surface area contributed by atoms with Gasteiger partial charge < -0.3 is 5.73 Å². The molecule has 0 aliphatic heterocycles. The van der Waals surface area contributed by atoms with Crippen LogP contribution in [0.4, 0.5) is 5.69 Å². The molecule has 4 nitrogen and oxygen atoms in total. The van der Waals surface area contributed by atoms with Crippen LogP contribution in [-0.2, 0) is 16.4 Å². The molecule has 0 saturated heterocycles. The van der Waals surface area contributed by atoms with Crippen molar-refractivity contribution in [1.29, 1.82) is 0 Å². The van der Waals surface area contributed by atoms with Crippen LogP contribution in [0.1, 0.15) is 31.0 Å². The predicted molar refractivity (Wildman–Crippen MR) is 74.1 cm³/mol. The van der Waals surface area contributed by atoms with Gasteiger partial charge >= 0.3 is 0 Å². The summed E-state index contributed by atoms with van der Waals surface area (Å²) in [4.78, 5) is 0. The largest absolute Gasteiger partial charge is 0.324 e. The third-order valence-electron chi connectivity index (χ3n) is 2.33. The molecule has 0 spiro atoms. The molecule has 17 heavy (non-hydrogen) atoms. The van der Waals surface area contributed by atoms with Crippen molar-refractivity contribution in [3.05, 3.63) is 29.3 Å². The number of nitrogens with two attached hydrogens (primary N) is 1. The van der Waals surface area contributed by atoms with Gasteiger partial charge in [-0.05, 0) is 30.5 Å². The van der Waals surface area contributed by atoms with Crippen molar-refractivity contribution in [3.63, 3.8) is 0 Å². The van der Waals surface area contributed by atoms with Crippen molar-refractivity contribution in [2.75, 3.05) is 11.0 Å². The summed E-state index contributed by atoms with van der Waals surface area (Å²) < 4.78 is 24.8. The van der Waals surface area contributed by atoms with E-state index in [1.165, 1.54) is 0 Å². The van der Waals surface area contributed by atoms with E-state index in [-0.39, 0.29) is 18.4 Å². The Kier molecular flexibility index (Phi) is 5.95. The molecule has 6 heteroatoms. The molecule has 1 atom stereocenters. The summed E-state index contributed by atoms with van der Waals surface area (Å²) in [5, 5.41) is 0. The van der Waals surface area contributed by atoms with Crippen molar-refractivity contribution in [1.82, 2.24) is 0 Å². The molecule has 1 aromatic rings. The second kappa shape index (κ2) is 6.23. The highest BCUT2D eigenvalue weighted by molar-refractivity contribution is 7.92. The molecular weight excluding hydrogens is 260 g/mol. The summed E-state index contributed by atoms with van der Waals surface area (Å²) in [5.41, 5.74) is 8.38. The van der Waals surface area contributed by atoms with Gasteiger partial charge in [0.15, 0.2) is 0 Å². The van der Waals surface area contributed by atoms with Crippen molar-refractivity contribution in [3.8, 4) is 0 Å². The fourth-order valence-electron chi connectivity index (χ4n) is 1.49. The number of rotatable bonds is 4. The average molecular weight is 279 g/mol. The summed E-state index contributed by atoms with van der Waals surface area (Å²) in [7, 11) is -3.22. The lowest BCUT2D eigenvalue weighted by atomic mass is 10.0. The molecule has 0 bridgehead atoms. The van der Waals surface area contributed by atoms with E-state index < -0.39 is 10.0 Å². The SMILES string of the molecule is CCc1cc([C@@H](C)N)ccc1NS(C)(=O)=O.Cl. The minimum absolute atomic E-state index is 0. The van der Waals surface area contributed by atoms with E-state index in [0.717, 1.165) is 23.8 Å². The second-order valence-electron chi connectivity index (χ2n) is 3.93. The number of nitrogens with one attached hydrogen (secondary N) is 1. The predicted octanol–water partition coefficient (Wildman–Crippen LogP) is 2.06. The zero-order valence-electron chi connectivity index (χ0n) is 10.2. The highest BCUT2D eigenvalue weighted by Gasteiger charge is 2.08. The number of hydrogen-bond acceptors (Lipinski definition) is 3. The summed E-state index contributed by atoms with van der Waals surface area (Å²) in [6.45, 7) is 3.88. The topological polar surface area (TPSA) is 72.2 Å². The Hall–Kier alpha value is -0.780. The first-order chi connectivity index (χ1) is 7.33. The number of hydrogen-bond donors (Lipinski definition) is 2. The van der Waals surface area contributed by atoms with Crippen LogP contribution >= 0.6 is 12.4 Å². The monoisotopic (exact) mass is 278 g/mol. The molecular formula is C11H19ClN2O2S. The number of halogens is 1. The molecule has 0 saturated carbocycles. The van der Waals surface area contributed by atoms with Gasteiger partial charge in [0.05, 0.1) is 11.9 Å². The van der Waals surface area contributed by atoms with Crippen LogP contribution in [-0.4, -0.2) is 14.7 Å². The minimum atomic E-state index is -3.22. The maximum Gasteiger partial charge on any atom is 0.229 e. The summed E-state index contributed by atoms with van der Waals surface area (Å²) in [5.74, 6) is 0. The van der Waals surface area contributed by atoms with Gasteiger partial charge in [-0.15, -0.1) is 12.4 Å². The molecule has 98 valence electrons. The Bertz CT molecular complexity index is 472. The molecule has 0 heterocycles. The maximum absolute atomic E-state index is 11.2. The minimum Gasteiger partial charge on any atom is -0.324 e. The first kappa shape index (κ1) is 16.2. The summed E-state index contributed by atoms with van der Waals surface area (Å²) in [6, 6.07) is 5.51. The summed E-state index contributed by atoms with van der Waals surface area (Å²) in [6.07, 6.45) is 1.91. The molecule has 1 rings (SSSR count). The van der Waals surface area contributed by atoms with Gasteiger partial charge in [-0.25, -0.2) is 8.42 Å². The van der Waals surface area contributed by atoms with E-state index in [2.05, 4.69) is 4.72 Å². The Labute approximate surface area is 109 Å². The van der Waals surface area contributed by atoms with Crippen molar-refractivity contribution >= 4 is 28.1 Å². The van der Waals surface area contributed by atoms with Gasteiger partial charge in [-0.1, -0.05) is 19.1 Å². The lowest BCUT2D eigenvalue weighted by molar-refractivity contribution is 0.606. The quantitative estimate of drug-likeness (QED) is 0.885. The molecule has 0 unspecified atom stereocenters. The molecule has 0 aliphatic rings. The van der Waals surface area contributed by atoms with Crippen LogP contribution in [0.3, 0.4) is 0 Å². The first-order valence-electron chi connectivity index (χ1n) is 5.19. The Morgan fingerprint density at radius 1 is 1.41 bits per heavy atom. The molecule has 0 aliphatic carbocycles. The highest BCUT2D eigenvalue weighted by Crippen LogP contribution is 2.21. The van der Waals surface area contributed by atoms with E-state index in [9.17, 15) is 8.42 Å². The molecule has 0 radical (unpaired) electrons. The first-order valence-corrected chi connectivity index (χ1v) is 7.09. The summed E-state index contributed by atoms with van der Waals surface area (Å²) >= 11 is 0. The zero-order valence-corrected chi connectivity index (χ0v) is 11.9. The van der Waals surface area contributed by atoms with E-state index in [0.29, 0.717) is 5.69 Å². The van der Waals surface area contributed by atoms with Crippen LogP contribution < -0.4 is 10.5 Å². The Morgan fingerprint density at radius 2 is 2.00 bits per heavy atom. The smallest absolute Gasteiger partial charge is 0.229 e. The van der Waals surface area contributed by atoms with Crippen molar-refractivity contribution < 1.29 is 8.42 Å². The van der Waals surface area contributed by atoms with Gasteiger partial charge in [0.1, 0.15) is 0 Å². The number of anilines is 1. The van der Waals surface area contributed by atoms with Crippen LogP contribution in [0.5, 0.6) is 0 Å². The fourth-order valence-corrected chi connectivity index (χ4v) is 2.09. The third-order valence-corrected chi connectivity index (χ3v) is 2.92. The van der Waals surface area contributed by atoms with E-state index >= 15 is 0 Å². The van der Waals surface area contributed by atoms with Gasteiger partial charge in [0.2, 0.25) is 10.0 Å². The molecule has 0 fully saturated rings. The lowest BCUT2D eigenvalue weighted by Crippen LogP contribution is -2.12. The van der Waals surface area contributed by atoms with Gasteiger partial charge in [0.25, 0.3) is 0 Å². The molecule has 3 N–H and O–H groups in total. The maximum atomic E-state index is 11.2. The zero-order chi connectivity index (χ0) is 12.3. The molecule has 0 amide bonds. The van der Waals surface area contributed by atoms with Crippen LogP contribution in [0.2, 0.25) is 0 Å².